The molecule has 98 valence electrons. The van der Waals surface area contributed by atoms with Gasteiger partial charge in [-0.25, -0.2) is 0 Å². The number of nitrogens with zero attached hydrogens (tertiary/aromatic N) is 1. The summed E-state index contributed by atoms with van der Waals surface area (Å²) < 4.78 is 0. The Balaban J connectivity index is 2.01. The van der Waals surface area contributed by atoms with Crippen LogP contribution < -0.4 is 0 Å². The number of Topliss-reactive ketones (excluding diaryl/α,β-unsaturated/α-hetero) is 1. The molecule has 0 aromatic heterocycles. The maximum Gasteiger partial charge on any atom is 0.149 e. The lowest BCUT2D eigenvalue weighted by atomic mass is 9.84. The van der Waals surface area contributed by atoms with Gasteiger partial charge in [0, 0.05) is 12.5 Å². The van der Waals surface area contributed by atoms with Crippen molar-refractivity contribution in [3.63, 3.8) is 0 Å². The van der Waals surface area contributed by atoms with E-state index < -0.39 is 0 Å². The van der Waals surface area contributed by atoms with E-state index in [2.05, 4.69) is 18.9 Å². The lowest BCUT2D eigenvalue weighted by Crippen LogP contribution is -2.48. The van der Waals surface area contributed by atoms with E-state index in [9.17, 15) is 4.79 Å². The number of carbonyl (C=O) groups excluding carboxylic acids is 1. The van der Waals surface area contributed by atoms with Crippen LogP contribution >= 0.6 is 0 Å². The Morgan fingerprint density at radius 2 is 1.71 bits per heavy atom. The van der Waals surface area contributed by atoms with Gasteiger partial charge in [0.25, 0.3) is 0 Å². The number of carbonyl (C=O) groups is 1. The summed E-state index contributed by atoms with van der Waals surface area (Å²) in [6, 6.07) is 0.874. The maximum absolute atomic E-state index is 12.2. The molecule has 2 nitrogen and oxygen atoms in total. The molecule has 0 saturated heterocycles. The SMILES string of the molecule is CC1CCCCC1N(C)C1CCCCCC1=O. The summed E-state index contributed by atoms with van der Waals surface area (Å²) in [6.45, 7) is 2.36. The molecular weight excluding hydrogens is 210 g/mol. The van der Waals surface area contributed by atoms with E-state index in [1.807, 2.05) is 0 Å². The van der Waals surface area contributed by atoms with Gasteiger partial charge in [0.1, 0.15) is 5.78 Å². The van der Waals surface area contributed by atoms with E-state index in [0.29, 0.717) is 11.8 Å². The Hall–Kier alpha value is -0.370. The van der Waals surface area contributed by atoms with E-state index >= 15 is 0 Å². The van der Waals surface area contributed by atoms with Crippen molar-refractivity contribution in [3.05, 3.63) is 0 Å². The maximum atomic E-state index is 12.2. The van der Waals surface area contributed by atoms with Crippen LogP contribution in [0.15, 0.2) is 0 Å². The summed E-state index contributed by atoms with van der Waals surface area (Å²) in [5.41, 5.74) is 0. The molecule has 17 heavy (non-hydrogen) atoms. The second kappa shape index (κ2) is 5.99. The van der Waals surface area contributed by atoms with Crippen LogP contribution in [0.5, 0.6) is 0 Å². The molecule has 0 aromatic rings. The van der Waals surface area contributed by atoms with Crippen molar-refractivity contribution in [3.8, 4) is 0 Å². The Kier molecular flexibility index (Phi) is 4.61. The monoisotopic (exact) mass is 237 g/mol. The minimum Gasteiger partial charge on any atom is -0.298 e. The summed E-state index contributed by atoms with van der Waals surface area (Å²) in [4.78, 5) is 14.6. The molecule has 0 radical (unpaired) electrons. The van der Waals surface area contributed by atoms with Crippen molar-refractivity contribution in [2.45, 2.75) is 76.8 Å². The minimum absolute atomic E-state index is 0.225. The first-order valence-corrected chi connectivity index (χ1v) is 7.45. The van der Waals surface area contributed by atoms with E-state index in [1.165, 1.54) is 38.5 Å². The molecule has 2 rings (SSSR count). The average Bonchev–Trinajstić information content (AvgIpc) is 2.54. The zero-order chi connectivity index (χ0) is 12.3. The second-order valence-electron chi connectivity index (χ2n) is 6.08. The van der Waals surface area contributed by atoms with Crippen molar-refractivity contribution in [2.75, 3.05) is 7.05 Å². The van der Waals surface area contributed by atoms with Crippen LogP contribution in [0.25, 0.3) is 0 Å². The van der Waals surface area contributed by atoms with E-state index in [1.54, 1.807) is 0 Å². The molecule has 0 aliphatic heterocycles. The van der Waals surface area contributed by atoms with Crippen LogP contribution in [0.4, 0.5) is 0 Å². The van der Waals surface area contributed by atoms with Crippen LogP contribution in [0, 0.1) is 5.92 Å². The van der Waals surface area contributed by atoms with Gasteiger partial charge in [-0.2, -0.15) is 0 Å². The molecule has 0 bridgehead atoms. The largest absolute Gasteiger partial charge is 0.298 e. The van der Waals surface area contributed by atoms with E-state index in [-0.39, 0.29) is 6.04 Å². The molecule has 2 aliphatic carbocycles. The van der Waals surface area contributed by atoms with Crippen LogP contribution in [0.1, 0.15) is 64.7 Å². The molecule has 3 atom stereocenters. The summed E-state index contributed by atoms with van der Waals surface area (Å²) in [5, 5.41) is 0. The number of hydrogen-bond donors (Lipinski definition) is 0. The Morgan fingerprint density at radius 1 is 1.00 bits per heavy atom. The smallest absolute Gasteiger partial charge is 0.149 e. The lowest BCUT2D eigenvalue weighted by molar-refractivity contribution is -0.125. The average molecular weight is 237 g/mol. The van der Waals surface area contributed by atoms with Crippen molar-refractivity contribution in [2.24, 2.45) is 5.92 Å². The molecule has 2 heteroatoms. The molecule has 3 unspecified atom stereocenters. The highest BCUT2D eigenvalue weighted by atomic mass is 16.1. The van der Waals surface area contributed by atoms with Gasteiger partial charge >= 0.3 is 0 Å². The molecule has 0 amide bonds. The number of rotatable bonds is 2. The fourth-order valence-electron chi connectivity index (χ4n) is 3.70. The summed E-state index contributed by atoms with van der Waals surface area (Å²) in [6.07, 6.45) is 10.9. The van der Waals surface area contributed by atoms with Crippen LogP contribution in [0.3, 0.4) is 0 Å². The van der Waals surface area contributed by atoms with Gasteiger partial charge in [0.05, 0.1) is 6.04 Å². The predicted molar refractivity (Wildman–Crippen MR) is 71.1 cm³/mol. The summed E-state index contributed by atoms with van der Waals surface area (Å²) in [5.74, 6) is 1.27. The quantitative estimate of drug-likeness (QED) is 0.686. The second-order valence-corrected chi connectivity index (χ2v) is 6.08. The summed E-state index contributed by atoms with van der Waals surface area (Å²) >= 11 is 0. The van der Waals surface area contributed by atoms with Gasteiger partial charge in [-0.3, -0.25) is 9.69 Å². The van der Waals surface area contributed by atoms with Crippen molar-refractivity contribution < 1.29 is 4.79 Å². The third-order valence-electron chi connectivity index (χ3n) is 4.85. The first-order valence-electron chi connectivity index (χ1n) is 7.45. The van der Waals surface area contributed by atoms with Crippen LogP contribution in [-0.4, -0.2) is 29.8 Å². The topological polar surface area (TPSA) is 20.3 Å². The zero-order valence-electron chi connectivity index (χ0n) is 11.5. The first-order chi connectivity index (χ1) is 8.20. The third-order valence-corrected chi connectivity index (χ3v) is 4.85. The number of ketones is 1. The van der Waals surface area contributed by atoms with E-state index in [0.717, 1.165) is 25.2 Å². The fraction of sp³-hybridized carbons (Fsp3) is 0.933. The van der Waals surface area contributed by atoms with Gasteiger partial charge < -0.3 is 0 Å². The predicted octanol–water partition coefficient (Wildman–Crippen LogP) is 3.40. The normalized spacial score (nSPS) is 35.9. The molecule has 0 N–H and O–H groups in total. The molecule has 0 heterocycles. The van der Waals surface area contributed by atoms with Gasteiger partial charge in [-0.15, -0.1) is 0 Å². The first kappa shape index (κ1) is 13.1. The molecular formula is C15H27NO. The molecule has 2 fully saturated rings. The fourth-order valence-corrected chi connectivity index (χ4v) is 3.70. The van der Waals surface area contributed by atoms with Gasteiger partial charge in [-0.05, 0) is 38.6 Å². The highest BCUT2D eigenvalue weighted by molar-refractivity contribution is 5.84. The highest BCUT2D eigenvalue weighted by Gasteiger charge is 2.32. The Labute approximate surface area is 106 Å². The number of hydrogen-bond acceptors (Lipinski definition) is 2. The number of likely N-dealkylation sites (N-methyl/N-ethyl adjacent to an activating group) is 1. The van der Waals surface area contributed by atoms with Crippen molar-refractivity contribution in [1.82, 2.24) is 4.90 Å². The van der Waals surface area contributed by atoms with Gasteiger partial charge in [-0.1, -0.05) is 32.6 Å². The lowest BCUT2D eigenvalue weighted by Gasteiger charge is -2.40. The minimum atomic E-state index is 0.225. The van der Waals surface area contributed by atoms with Crippen LogP contribution in [-0.2, 0) is 4.79 Å². The summed E-state index contributed by atoms with van der Waals surface area (Å²) in [7, 11) is 2.19. The Morgan fingerprint density at radius 3 is 2.47 bits per heavy atom. The van der Waals surface area contributed by atoms with E-state index in [4.69, 9.17) is 0 Å². The van der Waals surface area contributed by atoms with Crippen LogP contribution in [0.2, 0.25) is 0 Å². The zero-order valence-corrected chi connectivity index (χ0v) is 11.5. The molecule has 2 saturated carbocycles. The molecule has 0 aromatic carbocycles. The standard InChI is InChI=1S/C15H27NO/c1-12-8-6-7-9-13(12)16(2)14-10-4-3-5-11-15(14)17/h12-14H,3-11H2,1-2H3. The molecule has 2 aliphatic rings. The van der Waals surface area contributed by atoms with Crippen molar-refractivity contribution in [1.29, 1.82) is 0 Å². The van der Waals surface area contributed by atoms with Crippen molar-refractivity contribution >= 4 is 5.78 Å². The molecule has 0 spiro atoms. The Bertz CT molecular complexity index is 264. The van der Waals surface area contributed by atoms with Gasteiger partial charge in [0.15, 0.2) is 0 Å². The van der Waals surface area contributed by atoms with Gasteiger partial charge in [0.2, 0.25) is 0 Å². The highest BCUT2D eigenvalue weighted by Crippen LogP contribution is 2.30. The third kappa shape index (κ3) is 3.09.